The first-order chi connectivity index (χ1) is 10.4. The second-order valence-corrected chi connectivity index (χ2v) is 5.09. The lowest BCUT2D eigenvalue weighted by atomic mass is 10.1. The molecule has 0 unspecified atom stereocenters. The summed E-state index contributed by atoms with van der Waals surface area (Å²) in [6, 6.07) is 4.58. The van der Waals surface area contributed by atoms with Crippen LogP contribution in [0.15, 0.2) is 18.2 Å². The number of aromatic carboxylic acids is 1. The van der Waals surface area contributed by atoms with Crippen molar-refractivity contribution in [1.82, 2.24) is 5.32 Å². The Kier molecular flexibility index (Phi) is 7.08. The third-order valence-corrected chi connectivity index (χ3v) is 3.14. The number of benzene rings is 1. The summed E-state index contributed by atoms with van der Waals surface area (Å²) in [4.78, 5) is 34.2. The molecule has 1 aromatic rings. The number of rotatable bonds is 8. The molecule has 0 aliphatic rings. The highest BCUT2D eigenvalue weighted by molar-refractivity contribution is 5.94. The molecule has 22 heavy (non-hydrogen) atoms. The van der Waals surface area contributed by atoms with Crippen LogP contribution in [0, 0.1) is 6.92 Å². The predicted molar refractivity (Wildman–Crippen MR) is 83.9 cm³/mol. The van der Waals surface area contributed by atoms with Crippen LogP contribution in [0.25, 0.3) is 0 Å². The van der Waals surface area contributed by atoms with E-state index in [0.29, 0.717) is 25.1 Å². The van der Waals surface area contributed by atoms with E-state index < -0.39 is 5.97 Å². The largest absolute Gasteiger partial charge is 0.478 e. The SMILES string of the molecule is CCCNC(=O)CCCC(=O)Nc1cc(C(=O)O)ccc1C. The number of nitrogens with one attached hydrogen (secondary N) is 2. The van der Waals surface area contributed by atoms with E-state index in [9.17, 15) is 14.4 Å². The van der Waals surface area contributed by atoms with Crippen molar-refractivity contribution in [3.05, 3.63) is 29.3 Å². The van der Waals surface area contributed by atoms with E-state index in [4.69, 9.17) is 5.11 Å². The number of aryl methyl sites for hydroxylation is 1. The molecule has 0 bridgehead atoms. The number of carboxylic acids is 1. The van der Waals surface area contributed by atoms with Gasteiger partial charge in [-0.1, -0.05) is 13.0 Å². The fraction of sp³-hybridized carbons (Fsp3) is 0.438. The topological polar surface area (TPSA) is 95.5 Å². The molecule has 0 atom stereocenters. The highest BCUT2D eigenvalue weighted by atomic mass is 16.4. The van der Waals surface area contributed by atoms with E-state index in [2.05, 4.69) is 10.6 Å². The van der Waals surface area contributed by atoms with Crippen molar-refractivity contribution in [3.63, 3.8) is 0 Å². The average Bonchev–Trinajstić information content (AvgIpc) is 2.47. The molecule has 6 nitrogen and oxygen atoms in total. The van der Waals surface area contributed by atoms with Gasteiger partial charge in [0, 0.05) is 25.1 Å². The molecule has 6 heteroatoms. The highest BCUT2D eigenvalue weighted by Gasteiger charge is 2.10. The van der Waals surface area contributed by atoms with Gasteiger partial charge >= 0.3 is 5.97 Å². The minimum atomic E-state index is -1.04. The van der Waals surface area contributed by atoms with E-state index in [1.165, 1.54) is 12.1 Å². The summed E-state index contributed by atoms with van der Waals surface area (Å²) >= 11 is 0. The molecule has 120 valence electrons. The lowest BCUT2D eigenvalue weighted by Gasteiger charge is -2.09. The first-order valence-electron chi connectivity index (χ1n) is 7.34. The lowest BCUT2D eigenvalue weighted by molar-refractivity contribution is -0.121. The monoisotopic (exact) mass is 306 g/mol. The molecule has 0 aromatic heterocycles. The minimum Gasteiger partial charge on any atom is -0.478 e. The van der Waals surface area contributed by atoms with Crippen LogP contribution in [0.4, 0.5) is 5.69 Å². The fourth-order valence-electron chi connectivity index (χ4n) is 1.86. The summed E-state index contributed by atoms with van der Waals surface area (Å²) < 4.78 is 0. The standard InChI is InChI=1S/C16H22N2O4/c1-3-9-17-14(19)5-4-6-15(20)18-13-10-12(16(21)22)8-7-11(13)2/h7-8,10H,3-6,9H2,1-2H3,(H,17,19)(H,18,20)(H,21,22). The molecule has 0 spiro atoms. The van der Waals surface area contributed by atoms with Crippen molar-refractivity contribution in [2.45, 2.75) is 39.5 Å². The van der Waals surface area contributed by atoms with Gasteiger partial charge < -0.3 is 15.7 Å². The molecule has 3 N–H and O–H groups in total. The Bertz CT molecular complexity index is 555. The van der Waals surface area contributed by atoms with Gasteiger partial charge in [0.05, 0.1) is 5.56 Å². The van der Waals surface area contributed by atoms with Crippen LogP contribution in [0.3, 0.4) is 0 Å². The first-order valence-corrected chi connectivity index (χ1v) is 7.34. The van der Waals surface area contributed by atoms with Gasteiger partial charge in [0.25, 0.3) is 0 Å². The van der Waals surface area contributed by atoms with Gasteiger partial charge in [-0.2, -0.15) is 0 Å². The number of hydrogen-bond donors (Lipinski definition) is 3. The minimum absolute atomic E-state index is 0.0568. The number of hydrogen-bond acceptors (Lipinski definition) is 3. The summed E-state index contributed by atoms with van der Waals surface area (Å²) in [5.74, 6) is -1.32. The van der Waals surface area contributed by atoms with E-state index in [1.54, 1.807) is 13.0 Å². The van der Waals surface area contributed by atoms with Gasteiger partial charge in [-0.25, -0.2) is 4.79 Å². The van der Waals surface area contributed by atoms with Gasteiger partial charge in [0.2, 0.25) is 11.8 Å². The van der Waals surface area contributed by atoms with E-state index in [-0.39, 0.29) is 23.8 Å². The molecule has 1 aromatic carbocycles. The Hall–Kier alpha value is -2.37. The van der Waals surface area contributed by atoms with Crippen LogP contribution in [0.2, 0.25) is 0 Å². The normalized spacial score (nSPS) is 10.1. The van der Waals surface area contributed by atoms with Gasteiger partial charge in [-0.3, -0.25) is 9.59 Å². The van der Waals surface area contributed by atoms with Crippen molar-refractivity contribution >= 4 is 23.5 Å². The molecule has 0 saturated carbocycles. The van der Waals surface area contributed by atoms with Gasteiger partial charge in [-0.05, 0) is 37.5 Å². The number of anilines is 1. The molecule has 1 rings (SSSR count). The Morgan fingerprint density at radius 3 is 2.45 bits per heavy atom. The zero-order valence-corrected chi connectivity index (χ0v) is 12.9. The fourth-order valence-corrected chi connectivity index (χ4v) is 1.86. The van der Waals surface area contributed by atoms with E-state index in [0.717, 1.165) is 12.0 Å². The van der Waals surface area contributed by atoms with Crippen LogP contribution in [0.5, 0.6) is 0 Å². The Morgan fingerprint density at radius 1 is 1.14 bits per heavy atom. The van der Waals surface area contributed by atoms with Crippen molar-refractivity contribution in [1.29, 1.82) is 0 Å². The predicted octanol–water partition coefficient (Wildman–Crippen LogP) is 2.33. The first kappa shape index (κ1) is 17.7. The van der Waals surface area contributed by atoms with Gasteiger partial charge in [0.15, 0.2) is 0 Å². The second-order valence-electron chi connectivity index (χ2n) is 5.09. The van der Waals surface area contributed by atoms with Crippen LogP contribution in [-0.4, -0.2) is 29.4 Å². The molecule has 2 amide bonds. The Labute approximate surface area is 129 Å². The molecule has 0 aliphatic heterocycles. The maximum absolute atomic E-state index is 11.9. The average molecular weight is 306 g/mol. The Morgan fingerprint density at radius 2 is 1.82 bits per heavy atom. The van der Waals surface area contributed by atoms with Crippen molar-refractivity contribution in [3.8, 4) is 0 Å². The van der Waals surface area contributed by atoms with Crippen molar-refractivity contribution in [2.24, 2.45) is 0 Å². The molecular weight excluding hydrogens is 284 g/mol. The number of carbonyl (C=O) groups excluding carboxylic acids is 2. The molecule has 0 aliphatic carbocycles. The number of carbonyl (C=O) groups is 3. The summed E-state index contributed by atoms with van der Waals surface area (Å²) in [6.07, 6.45) is 1.86. The highest BCUT2D eigenvalue weighted by Crippen LogP contribution is 2.17. The van der Waals surface area contributed by atoms with Crippen LogP contribution in [0.1, 0.15) is 48.5 Å². The van der Waals surface area contributed by atoms with Gasteiger partial charge in [0.1, 0.15) is 0 Å². The number of carboxylic acid groups (broad SMARTS) is 1. The number of amides is 2. The van der Waals surface area contributed by atoms with Crippen LogP contribution >= 0.6 is 0 Å². The molecule has 0 heterocycles. The Balaban J connectivity index is 2.47. The third kappa shape index (κ3) is 5.95. The van der Waals surface area contributed by atoms with E-state index >= 15 is 0 Å². The second kappa shape index (κ2) is 8.81. The summed E-state index contributed by atoms with van der Waals surface area (Å²) in [6.45, 7) is 4.41. The zero-order valence-electron chi connectivity index (χ0n) is 12.9. The smallest absolute Gasteiger partial charge is 0.335 e. The third-order valence-electron chi connectivity index (χ3n) is 3.14. The lowest BCUT2D eigenvalue weighted by Crippen LogP contribution is -2.24. The molecule has 0 saturated heterocycles. The quantitative estimate of drug-likeness (QED) is 0.687. The molecule has 0 fully saturated rings. The maximum atomic E-state index is 11.9. The molecular formula is C16H22N2O4. The van der Waals surface area contributed by atoms with Crippen molar-refractivity contribution < 1.29 is 19.5 Å². The summed E-state index contributed by atoms with van der Waals surface area (Å²) in [5, 5.41) is 14.4. The van der Waals surface area contributed by atoms with Gasteiger partial charge in [-0.15, -0.1) is 0 Å². The molecule has 0 radical (unpaired) electrons. The summed E-state index contributed by atoms with van der Waals surface area (Å²) in [7, 11) is 0. The van der Waals surface area contributed by atoms with E-state index in [1.807, 2.05) is 6.92 Å². The summed E-state index contributed by atoms with van der Waals surface area (Å²) in [5.41, 5.74) is 1.40. The van der Waals surface area contributed by atoms with Crippen LogP contribution < -0.4 is 10.6 Å². The van der Waals surface area contributed by atoms with Crippen molar-refractivity contribution in [2.75, 3.05) is 11.9 Å². The maximum Gasteiger partial charge on any atom is 0.335 e. The zero-order chi connectivity index (χ0) is 16.5. The van der Waals surface area contributed by atoms with Crippen LogP contribution in [-0.2, 0) is 9.59 Å².